The van der Waals surface area contributed by atoms with E-state index in [4.69, 9.17) is 16.9 Å². The molecular formula is C17H17ClN4. The van der Waals surface area contributed by atoms with E-state index in [1.54, 1.807) is 6.20 Å². The highest BCUT2D eigenvalue weighted by atomic mass is 35.5. The van der Waals surface area contributed by atoms with E-state index in [0.717, 1.165) is 31.6 Å². The molecule has 1 saturated heterocycles. The predicted molar refractivity (Wildman–Crippen MR) is 89.3 cm³/mol. The summed E-state index contributed by atoms with van der Waals surface area (Å²) in [6.07, 6.45) is 3.86. The molecule has 0 saturated carbocycles. The molecule has 2 heterocycles. The molecule has 1 N–H and O–H groups in total. The topological polar surface area (TPSA) is 52.0 Å². The molecule has 4 nitrogen and oxygen atoms in total. The van der Waals surface area contributed by atoms with Gasteiger partial charge in [0.05, 0.1) is 11.6 Å². The summed E-state index contributed by atoms with van der Waals surface area (Å²) >= 11 is 5.91. The minimum absolute atomic E-state index is 0.452. The van der Waals surface area contributed by atoms with Crippen molar-refractivity contribution in [1.29, 1.82) is 5.26 Å². The second-order valence-corrected chi connectivity index (χ2v) is 5.82. The lowest BCUT2D eigenvalue weighted by atomic mass is 10.0. The Hall–Kier alpha value is -2.25. The molecule has 3 rings (SSSR count). The lowest BCUT2D eigenvalue weighted by Gasteiger charge is -2.34. The highest BCUT2D eigenvalue weighted by Crippen LogP contribution is 2.23. The fraction of sp³-hybridized carbons (Fsp3) is 0.294. The summed E-state index contributed by atoms with van der Waals surface area (Å²) < 4.78 is 0. The Morgan fingerprint density at radius 1 is 1.18 bits per heavy atom. The third-order valence-electron chi connectivity index (χ3n) is 3.95. The number of nitrogens with zero attached hydrogens (tertiary/aromatic N) is 3. The van der Waals surface area contributed by atoms with Crippen molar-refractivity contribution >= 4 is 23.0 Å². The number of hydrogen-bond acceptors (Lipinski definition) is 4. The van der Waals surface area contributed by atoms with E-state index < -0.39 is 0 Å². The molecule has 1 aromatic heterocycles. The van der Waals surface area contributed by atoms with Gasteiger partial charge < -0.3 is 10.2 Å². The van der Waals surface area contributed by atoms with Crippen molar-refractivity contribution in [3.8, 4) is 6.07 Å². The van der Waals surface area contributed by atoms with Crippen molar-refractivity contribution in [2.45, 2.75) is 18.9 Å². The maximum atomic E-state index is 8.85. The van der Waals surface area contributed by atoms with Gasteiger partial charge in [-0.2, -0.15) is 5.26 Å². The summed E-state index contributed by atoms with van der Waals surface area (Å²) in [5.41, 5.74) is 2.91. The summed E-state index contributed by atoms with van der Waals surface area (Å²) in [5.74, 6) is 0. The van der Waals surface area contributed by atoms with Crippen LogP contribution in [0.3, 0.4) is 0 Å². The zero-order valence-corrected chi connectivity index (χ0v) is 12.9. The Morgan fingerprint density at radius 3 is 2.55 bits per heavy atom. The van der Waals surface area contributed by atoms with Crippen LogP contribution in [-0.2, 0) is 0 Å². The number of nitriles is 1. The lowest BCUT2D eigenvalue weighted by molar-refractivity contribution is 0.527. The Morgan fingerprint density at radius 2 is 1.91 bits per heavy atom. The maximum Gasteiger partial charge on any atom is 0.131 e. The third kappa shape index (κ3) is 3.49. The van der Waals surface area contributed by atoms with Crippen LogP contribution in [0, 0.1) is 11.3 Å². The van der Waals surface area contributed by atoms with E-state index in [9.17, 15) is 0 Å². The zero-order chi connectivity index (χ0) is 15.4. The van der Waals surface area contributed by atoms with E-state index in [1.807, 2.05) is 36.4 Å². The number of piperidine rings is 1. The molecule has 1 aliphatic heterocycles. The van der Waals surface area contributed by atoms with Crippen LogP contribution >= 0.6 is 11.6 Å². The molecule has 0 radical (unpaired) electrons. The predicted octanol–water partition coefficient (Wildman–Crippen LogP) is 3.69. The van der Waals surface area contributed by atoms with Crippen molar-refractivity contribution in [2.75, 3.05) is 23.3 Å². The van der Waals surface area contributed by atoms with Gasteiger partial charge >= 0.3 is 0 Å². The van der Waals surface area contributed by atoms with Crippen LogP contribution in [0.5, 0.6) is 0 Å². The van der Waals surface area contributed by atoms with Gasteiger partial charge in [0, 0.05) is 36.7 Å². The average molecular weight is 313 g/mol. The largest absolute Gasteiger partial charge is 0.382 e. The molecular weight excluding hydrogens is 296 g/mol. The van der Waals surface area contributed by atoms with Crippen LogP contribution in [-0.4, -0.2) is 24.1 Å². The fourth-order valence-electron chi connectivity index (χ4n) is 2.76. The Labute approximate surface area is 135 Å². The first-order valence-corrected chi connectivity index (χ1v) is 7.75. The molecule has 1 aliphatic rings. The molecule has 0 spiro atoms. The van der Waals surface area contributed by atoms with Gasteiger partial charge in [-0.25, -0.2) is 4.98 Å². The first-order chi connectivity index (χ1) is 10.7. The van der Waals surface area contributed by atoms with Crippen molar-refractivity contribution < 1.29 is 0 Å². The van der Waals surface area contributed by atoms with Gasteiger partial charge in [-0.15, -0.1) is 0 Å². The zero-order valence-electron chi connectivity index (χ0n) is 12.2. The first kappa shape index (κ1) is 14.7. The summed E-state index contributed by atoms with van der Waals surface area (Å²) in [4.78, 5) is 6.35. The number of nitrogens with one attached hydrogen (secondary N) is 1. The van der Waals surface area contributed by atoms with Gasteiger partial charge in [-0.05, 0) is 49.2 Å². The number of pyridine rings is 1. The maximum absolute atomic E-state index is 8.85. The molecule has 0 atom stereocenters. The van der Waals surface area contributed by atoms with Crippen LogP contribution in [0.4, 0.5) is 11.4 Å². The molecule has 5 heteroatoms. The van der Waals surface area contributed by atoms with Crippen LogP contribution in [0.1, 0.15) is 18.4 Å². The van der Waals surface area contributed by atoms with Crippen molar-refractivity contribution in [3.05, 3.63) is 53.3 Å². The smallest absolute Gasteiger partial charge is 0.131 e. The number of hydrogen-bond donors (Lipinski definition) is 1. The number of rotatable bonds is 3. The van der Waals surface area contributed by atoms with Crippen molar-refractivity contribution in [2.24, 2.45) is 0 Å². The summed E-state index contributed by atoms with van der Waals surface area (Å²) in [6.45, 7) is 2.00. The first-order valence-electron chi connectivity index (χ1n) is 7.38. The number of halogens is 1. The van der Waals surface area contributed by atoms with E-state index in [0.29, 0.717) is 16.8 Å². The standard InChI is InChI=1S/C17H17ClN4/c18-17-11-15(5-8-20-17)21-14-6-9-22(10-7-14)16-3-1-13(12-19)2-4-16/h1-5,8,11,14H,6-7,9-10H2,(H,20,21). The van der Waals surface area contributed by atoms with Gasteiger partial charge in [0.1, 0.15) is 5.15 Å². The van der Waals surface area contributed by atoms with E-state index in [1.165, 1.54) is 5.69 Å². The molecule has 0 unspecified atom stereocenters. The number of anilines is 2. The van der Waals surface area contributed by atoms with Crippen LogP contribution in [0.25, 0.3) is 0 Å². The summed E-state index contributed by atoms with van der Waals surface area (Å²) in [5, 5.41) is 12.9. The molecule has 2 aromatic rings. The van der Waals surface area contributed by atoms with Gasteiger partial charge in [0.25, 0.3) is 0 Å². The molecule has 0 aliphatic carbocycles. The minimum Gasteiger partial charge on any atom is -0.382 e. The monoisotopic (exact) mass is 312 g/mol. The fourth-order valence-corrected chi connectivity index (χ4v) is 2.93. The second-order valence-electron chi connectivity index (χ2n) is 5.43. The summed E-state index contributed by atoms with van der Waals surface area (Å²) in [7, 11) is 0. The quantitative estimate of drug-likeness (QED) is 0.878. The van der Waals surface area contributed by atoms with E-state index in [-0.39, 0.29) is 0 Å². The van der Waals surface area contributed by atoms with Crippen LogP contribution in [0.15, 0.2) is 42.6 Å². The number of aromatic nitrogens is 1. The van der Waals surface area contributed by atoms with Crippen molar-refractivity contribution in [1.82, 2.24) is 4.98 Å². The Bertz CT molecular complexity index is 670. The van der Waals surface area contributed by atoms with Crippen LogP contribution < -0.4 is 10.2 Å². The molecule has 22 heavy (non-hydrogen) atoms. The van der Waals surface area contributed by atoms with Crippen LogP contribution in [0.2, 0.25) is 5.15 Å². The Kier molecular flexibility index (Phi) is 4.45. The molecule has 0 amide bonds. The van der Waals surface area contributed by atoms with Gasteiger partial charge in [0.2, 0.25) is 0 Å². The van der Waals surface area contributed by atoms with Gasteiger partial charge in [-0.1, -0.05) is 11.6 Å². The van der Waals surface area contributed by atoms with Crippen molar-refractivity contribution in [3.63, 3.8) is 0 Å². The molecule has 1 fully saturated rings. The second kappa shape index (κ2) is 6.67. The SMILES string of the molecule is N#Cc1ccc(N2CCC(Nc3ccnc(Cl)c3)CC2)cc1. The number of benzene rings is 1. The molecule has 0 bridgehead atoms. The van der Waals surface area contributed by atoms with Gasteiger partial charge in [-0.3, -0.25) is 0 Å². The third-order valence-corrected chi connectivity index (χ3v) is 4.16. The molecule has 112 valence electrons. The average Bonchev–Trinajstić information content (AvgIpc) is 2.56. The van der Waals surface area contributed by atoms with E-state index >= 15 is 0 Å². The lowest BCUT2D eigenvalue weighted by Crippen LogP contribution is -2.39. The normalized spacial score (nSPS) is 15.4. The highest BCUT2D eigenvalue weighted by Gasteiger charge is 2.19. The summed E-state index contributed by atoms with van der Waals surface area (Å²) in [6, 6.07) is 14.2. The van der Waals surface area contributed by atoms with Gasteiger partial charge in [0.15, 0.2) is 0 Å². The van der Waals surface area contributed by atoms with E-state index in [2.05, 4.69) is 21.3 Å². The highest BCUT2D eigenvalue weighted by molar-refractivity contribution is 6.29. The minimum atomic E-state index is 0.452. The Balaban J connectivity index is 1.57. The molecule has 1 aromatic carbocycles.